The standard InChI is InChI=1S/C14H21ClN2O2/c1-3-4-8-17-14(18)10(2)19-13-11(9-16)6-5-7-12(13)15/h5-7,10H,3-4,8-9,16H2,1-2H3,(H,17,18). The van der Waals surface area contributed by atoms with E-state index in [0.29, 0.717) is 23.9 Å². The summed E-state index contributed by atoms with van der Waals surface area (Å²) >= 11 is 6.07. The van der Waals surface area contributed by atoms with Crippen molar-refractivity contribution >= 4 is 17.5 Å². The number of unbranched alkanes of at least 4 members (excludes halogenated alkanes) is 1. The normalized spacial score (nSPS) is 12.0. The first-order chi connectivity index (χ1) is 9.10. The summed E-state index contributed by atoms with van der Waals surface area (Å²) in [6, 6.07) is 5.37. The summed E-state index contributed by atoms with van der Waals surface area (Å²) < 4.78 is 5.64. The molecule has 106 valence electrons. The third-order valence-electron chi connectivity index (χ3n) is 2.76. The largest absolute Gasteiger partial charge is 0.479 e. The van der Waals surface area contributed by atoms with Gasteiger partial charge in [-0.3, -0.25) is 4.79 Å². The number of carbonyl (C=O) groups is 1. The topological polar surface area (TPSA) is 64.3 Å². The molecular formula is C14H21ClN2O2. The number of benzene rings is 1. The number of nitrogens with two attached hydrogens (primary N) is 1. The first-order valence-corrected chi connectivity index (χ1v) is 6.89. The van der Waals surface area contributed by atoms with Crippen LogP contribution in [0.25, 0.3) is 0 Å². The Morgan fingerprint density at radius 1 is 1.53 bits per heavy atom. The molecule has 1 aromatic rings. The molecule has 0 aliphatic rings. The molecule has 1 amide bonds. The molecule has 0 aliphatic heterocycles. The Hall–Kier alpha value is -1.26. The molecule has 1 rings (SSSR count). The van der Waals surface area contributed by atoms with Crippen molar-refractivity contribution in [1.29, 1.82) is 0 Å². The summed E-state index contributed by atoms with van der Waals surface area (Å²) in [5, 5.41) is 3.29. The van der Waals surface area contributed by atoms with Crippen molar-refractivity contribution < 1.29 is 9.53 Å². The van der Waals surface area contributed by atoms with E-state index in [9.17, 15) is 4.79 Å². The van der Waals surface area contributed by atoms with E-state index < -0.39 is 6.10 Å². The zero-order chi connectivity index (χ0) is 14.3. The highest BCUT2D eigenvalue weighted by atomic mass is 35.5. The van der Waals surface area contributed by atoms with E-state index in [1.165, 1.54) is 0 Å². The van der Waals surface area contributed by atoms with Crippen LogP contribution in [0.5, 0.6) is 5.75 Å². The fraction of sp³-hybridized carbons (Fsp3) is 0.500. The third kappa shape index (κ3) is 4.73. The average molecular weight is 285 g/mol. The van der Waals surface area contributed by atoms with Crippen LogP contribution in [-0.4, -0.2) is 18.6 Å². The van der Waals surface area contributed by atoms with Crippen LogP contribution >= 0.6 is 11.6 Å². The van der Waals surface area contributed by atoms with Gasteiger partial charge < -0.3 is 15.8 Å². The van der Waals surface area contributed by atoms with Gasteiger partial charge in [-0.2, -0.15) is 0 Å². The molecule has 0 aromatic heterocycles. The highest BCUT2D eigenvalue weighted by Crippen LogP contribution is 2.29. The van der Waals surface area contributed by atoms with Gasteiger partial charge in [0.25, 0.3) is 5.91 Å². The number of rotatable bonds is 7. The van der Waals surface area contributed by atoms with E-state index in [0.717, 1.165) is 18.4 Å². The molecule has 0 heterocycles. The number of nitrogens with one attached hydrogen (secondary N) is 1. The highest BCUT2D eigenvalue weighted by Gasteiger charge is 2.17. The van der Waals surface area contributed by atoms with Gasteiger partial charge in [-0.1, -0.05) is 37.1 Å². The minimum absolute atomic E-state index is 0.142. The summed E-state index contributed by atoms with van der Waals surface area (Å²) in [6.45, 7) is 4.75. The molecule has 1 unspecified atom stereocenters. The highest BCUT2D eigenvalue weighted by molar-refractivity contribution is 6.32. The van der Waals surface area contributed by atoms with Gasteiger partial charge in [-0.05, 0) is 19.4 Å². The molecular weight excluding hydrogens is 264 g/mol. The van der Waals surface area contributed by atoms with Gasteiger partial charge in [0.05, 0.1) is 5.02 Å². The Kier molecular flexibility index (Phi) is 6.67. The number of ether oxygens (including phenoxy) is 1. The lowest BCUT2D eigenvalue weighted by Crippen LogP contribution is -2.37. The molecule has 0 spiro atoms. The number of para-hydroxylation sites is 1. The quantitative estimate of drug-likeness (QED) is 0.756. The first-order valence-electron chi connectivity index (χ1n) is 6.52. The summed E-state index contributed by atoms with van der Waals surface area (Å²) in [5.41, 5.74) is 6.42. The molecule has 1 aromatic carbocycles. The van der Waals surface area contributed by atoms with Crippen molar-refractivity contribution in [2.24, 2.45) is 5.73 Å². The lowest BCUT2D eigenvalue weighted by Gasteiger charge is -2.17. The molecule has 0 bridgehead atoms. The lowest BCUT2D eigenvalue weighted by atomic mass is 10.2. The number of halogens is 1. The Balaban J connectivity index is 2.66. The van der Waals surface area contributed by atoms with Gasteiger partial charge in [0, 0.05) is 18.7 Å². The maximum Gasteiger partial charge on any atom is 0.260 e. The molecule has 4 nitrogen and oxygen atoms in total. The van der Waals surface area contributed by atoms with Gasteiger partial charge in [0.1, 0.15) is 5.75 Å². The Morgan fingerprint density at radius 3 is 2.89 bits per heavy atom. The summed E-state index contributed by atoms with van der Waals surface area (Å²) in [7, 11) is 0. The van der Waals surface area contributed by atoms with Crippen molar-refractivity contribution in [2.75, 3.05) is 6.54 Å². The number of hydrogen-bond donors (Lipinski definition) is 2. The third-order valence-corrected chi connectivity index (χ3v) is 3.06. The average Bonchev–Trinajstić information content (AvgIpc) is 2.41. The van der Waals surface area contributed by atoms with E-state index >= 15 is 0 Å². The van der Waals surface area contributed by atoms with Crippen molar-refractivity contribution in [3.63, 3.8) is 0 Å². The van der Waals surface area contributed by atoms with E-state index in [2.05, 4.69) is 12.2 Å². The smallest absolute Gasteiger partial charge is 0.260 e. The van der Waals surface area contributed by atoms with Crippen LogP contribution in [0.15, 0.2) is 18.2 Å². The second-order valence-electron chi connectivity index (χ2n) is 4.34. The van der Waals surface area contributed by atoms with E-state index in [1.807, 2.05) is 12.1 Å². The minimum Gasteiger partial charge on any atom is -0.479 e. The Labute approximate surface area is 119 Å². The molecule has 0 fully saturated rings. The van der Waals surface area contributed by atoms with E-state index in [4.69, 9.17) is 22.1 Å². The summed E-state index contributed by atoms with van der Waals surface area (Å²) in [5.74, 6) is 0.348. The van der Waals surface area contributed by atoms with Gasteiger partial charge in [0.15, 0.2) is 6.10 Å². The van der Waals surface area contributed by atoms with Crippen LogP contribution in [0.4, 0.5) is 0 Å². The Morgan fingerprint density at radius 2 is 2.26 bits per heavy atom. The maximum atomic E-state index is 11.8. The number of amides is 1. The predicted octanol–water partition coefficient (Wildman–Crippen LogP) is 2.48. The maximum absolute atomic E-state index is 11.8. The molecule has 0 saturated carbocycles. The fourth-order valence-corrected chi connectivity index (χ4v) is 1.85. The number of carbonyl (C=O) groups excluding carboxylic acids is 1. The number of hydrogen-bond acceptors (Lipinski definition) is 3. The van der Waals surface area contributed by atoms with Gasteiger partial charge in [-0.15, -0.1) is 0 Å². The van der Waals surface area contributed by atoms with Crippen molar-refractivity contribution in [2.45, 2.75) is 39.3 Å². The fourth-order valence-electron chi connectivity index (χ4n) is 1.61. The van der Waals surface area contributed by atoms with Gasteiger partial charge in [-0.25, -0.2) is 0 Å². The Bertz CT molecular complexity index is 424. The minimum atomic E-state index is -0.595. The first kappa shape index (κ1) is 15.8. The molecule has 0 radical (unpaired) electrons. The van der Waals surface area contributed by atoms with Crippen molar-refractivity contribution in [1.82, 2.24) is 5.32 Å². The van der Waals surface area contributed by atoms with Gasteiger partial charge in [0.2, 0.25) is 0 Å². The zero-order valence-electron chi connectivity index (χ0n) is 11.4. The van der Waals surface area contributed by atoms with Crippen LogP contribution in [0, 0.1) is 0 Å². The molecule has 5 heteroatoms. The SMILES string of the molecule is CCCCNC(=O)C(C)Oc1c(Cl)cccc1CN. The monoisotopic (exact) mass is 284 g/mol. The lowest BCUT2D eigenvalue weighted by molar-refractivity contribution is -0.127. The van der Waals surface area contributed by atoms with E-state index in [1.54, 1.807) is 13.0 Å². The second-order valence-corrected chi connectivity index (χ2v) is 4.74. The van der Waals surface area contributed by atoms with Crippen LogP contribution in [-0.2, 0) is 11.3 Å². The molecule has 1 atom stereocenters. The van der Waals surface area contributed by atoms with Crippen LogP contribution in [0.1, 0.15) is 32.3 Å². The van der Waals surface area contributed by atoms with Crippen LogP contribution in [0.2, 0.25) is 5.02 Å². The molecule has 3 N–H and O–H groups in total. The van der Waals surface area contributed by atoms with Gasteiger partial charge >= 0.3 is 0 Å². The summed E-state index contributed by atoms with van der Waals surface area (Å²) in [4.78, 5) is 11.8. The van der Waals surface area contributed by atoms with Crippen molar-refractivity contribution in [3.05, 3.63) is 28.8 Å². The predicted molar refractivity (Wildman–Crippen MR) is 77.4 cm³/mol. The van der Waals surface area contributed by atoms with Crippen LogP contribution in [0.3, 0.4) is 0 Å². The zero-order valence-corrected chi connectivity index (χ0v) is 12.2. The van der Waals surface area contributed by atoms with E-state index in [-0.39, 0.29) is 5.91 Å². The summed E-state index contributed by atoms with van der Waals surface area (Å²) in [6.07, 6.45) is 1.40. The molecule has 19 heavy (non-hydrogen) atoms. The van der Waals surface area contributed by atoms with Crippen molar-refractivity contribution in [3.8, 4) is 5.75 Å². The molecule has 0 aliphatic carbocycles. The van der Waals surface area contributed by atoms with Crippen LogP contribution < -0.4 is 15.8 Å². The second kappa shape index (κ2) is 8.02. The molecule has 0 saturated heterocycles.